The van der Waals surface area contributed by atoms with Crippen molar-refractivity contribution in [3.05, 3.63) is 44.6 Å². The van der Waals surface area contributed by atoms with E-state index in [0.29, 0.717) is 26.4 Å². The molecule has 0 bridgehead atoms. The van der Waals surface area contributed by atoms with Crippen LogP contribution in [0.3, 0.4) is 0 Å². The molecule has 0 amide bonds. The van der Waals surface area contributed by atoms with Crippen LogP contribution in [-0.4, -0.2) is 20.9 Å². The van der Waals surface area contributed by atoms with E-state index in [1.165, 1.54) is 0 Å². The summed E-state index contributed by atoms with van der Waals surface area (Å²) in [4.78, 5) is 11.6. The zero-order chi connectivity index (χ0) is 15.7. The molecular weight excluding hydrogens is 358 g/mol. The topological polar surface area (TPSA) is 67.2 Å². The van der Waals surface area contributed by atoms with E-state index in [1.807, 2.05) is 6.92 Å². The van der Waals surface area contributed by atoms with Crippen LogP contribution in [0.25, 0.3) is 0 Å². The first-order chi connectivity index (χ1) is 9.81. The number of carboxylic acid groups (broad SMARTS) is 1. The van der Waals surface area contributed by atoms with E-state index in [2.05, 4.69) is 26.3 Å². The number of anilines is 1. The van der Waals surface area contributed by atoms with Crippen molar-refractivity contribution in [3.63, 3.8) is 0 Å². The third kappa shape index (κ3) is 3.22. The van der Waals surface area contributed by atoms with E-state index in [0.717, 1.165) is 5.69 Å². The van der Waals surface area contributed by atoms with Crippen LogP contribution in [-0.2, 0) is 11.8 Å². The number of benzene rings is 1. The highest BCUT2D eigenvalue weighted by Crippen LogP contribution is 2.29. The highest BCUT2D eigenvalue weighted by molar-refractivity contribution is 9.10. The van der Waals surface area contributed by atoms with Crippen molar-refractivity contribution in [1.29, 1.82) is 0 Å². The van der Waals surface area contributed by atoms with E-state index in [4.69, 9.17) is 11.6 Å². The minimum Gasteiger partial charge on any atom is -0.479 e. The second kappa shape index (κ2) is 6.07. The van der Waals surface area contributed by atoms with Gasteiger partial charge < -0.3 is 10.4 Å². The number of rotatable bonds is 4. The zero-order valence-corrected chi connectivity index (χ0v) is 14.2. The van der Waals surface area contributed by atoms with Gasteiger partial charge in [-0.2, -0.15) is 5.10 Å². The van der Waals surface area contributed by atoms with E-state index in [1.54, 1.807) is 36.9 Å². The lowest BCUT2D eigenvalue weighted by atomic mass is 10.0. The number of carboxylic acids is 1. The number of hydrogen-bond acceptors (Lipinski definition) is 3. The number of aryl methyl sites for hydroxylation is 2. The molecule has 21 heavy (non-hydrogen) atoms. The Hall–Kier alpha value is -1.53. The quantitative estimate of drug-likeness (QED) is 0.859. The SMILES string of the molecule is Cc1nn(C)c(C)c1C(Nc1ccc(Cl)c(Br)c1)C(=O)O. The van der Waals surface area contributed by atoms with Crippen LogP contribution in [0.4, 0.5) is 5.69 Å². The number of aromatic nitrogens is 2. The van der Waals surface area contributed by atoms with Gasteiger partial charge in [-0.3, -0.25) is 4.68 Å². The summed E-state index contributed by atoms with van der Waals surface area (Å²) in [7, 11) is 1.80. The summed E-state index contributed by atoms with van der Waals surface area (Å²) in [5.41, 5.74) is 2.86. The Labute approximate surface area is 136 Å². The molecule has 1 aromatic heterocycles. The van der Waals surface area contributed by atoms with Crippen molar-refractivity contribution in [2.75, 3.05) is 5.32 Å². The molecule has 0 saturated heterocycles. The molecule has 0 aliphatic rings. The lowest BCUT2D eigenvalue weighted by Crippen LogP contribution is -2.22. The number of nitrogens with zero attached hydrogens (tertiary/aromatic N) is 2. The normalized spacial score (nSPS) is 12.2. The first-order valence-corrected chi connectivity index (χ1v) is 7.43. The molecule has 2 aromatic rings. The van der Waals surface area contributed by atoms with Gasteiger partial charge in [0.1, 0.15) is 0 Å². The van der Waals surface area contributed by atoms with Crippen LogP contribution in [0.5, 0.6) is 0 Å². The number of hydrogen-bond donors (Lipinski definition) is 2. The van der Waals surface area contributed by atoms with Gasteiger partial charge in [-0.15, -0.1) is 0 Å². The summed E-state index contributed by atoms with van der Waals surface area (Å²) in [6, 6.07) is 4.32. The first kappa shape index (κ1) is 15.9. The van der Waals surface area contributed by atoms with Gasteiger partial charge >= 0.3 is 5.97 Å². The summed E-state index contributed by atoms with van der Waals surface area (Å²) in [5.74, 6) is -0.958. The van der Waals surface area contributed by atoms with Gasteiger partial charge in [-0.05, 0) is 48.0 Å². The van der Waals surface area contributed by atoms with Crippen molar-refractivity contribution in [1.82, 2.24) is 9.78 Å². The van der Waals surface area contributed by atoms with Crippen LogP contribution < -0.4 is 5.32 Å². The van der Waals surface area contributed by atoms with Crippen LogP contribution in [0.2, 0.25) is 5.02 Å². The average Bonchev–Trinajstić information content (AvgIpc) is 2.65. The molecule has 1 aromatic carbocycles. The van der Waals surface area contributed by atoms with E-state index < -0.39 is 12.0 Å². The fourth-order valence-electron chi connectivity index (χ4n) is 2.22. The lowest BCUT2D eigenvalue weighted by molar-refractivity contribution is -0.138. The molecule has 0 aliphatic heterocycles. The maximum Gasteiger partial charge on any atom is 0.330 e. The molecule has 1 unspecified atom stereocenters. The lowest BCUT2D eigenvalue weighted by Gasteiger charge is -2.17. The Morgan fingerprint density at radius 2 is 2.14 bits per heavy atom. The van der Waals surface area contributed by atoms with Gasteiger partial charge in [0.2, 0.25) is 0 Å². The molecule has 2 N–H and O–H groups in total. The monoisotopic (exact) mass is 371 g/mol. The third-order valence-corrected chi connectivity index (χ3v) is 4.55. The zero-order valence-electron chi connectivity index (χ0n) is 11.8. The molecule has 0 saturated carbocycles. The number of nitrogens with one attached hydrogen (secondary N) is 1. The predicted molar refractivity (Wildman–Crippen MR) is 85.8 cm³/mol. The Bertz CT molecular complexity index is 700. The van der Waals surface area contributed by atoms with Gasteiger partial charge in [0.05, 0.1) is 10.7 Å². The van der Waals surface area contributed by atoms with Crippen LogP contribution in [0.15, 0.2) is 22.7 Å². The van der Waals surface area contributed by atoms with Crippen molar-refractivity contribution in [3.8, 4) is 0 Å². The summed E-state index contributed by atoms with van der Waals surface area (Å²) in [6.07, 6.45) is 0. The third-order valence-electron chi connectivity index (χ3n) is 3.33. The second-order valence-corrected chi connectivity index (χ2v) is 6.01. The maximum atomic E-state index is 11.6. The van der Waals surface area contributed by atoms with Gasteiger partial charge in [0.15, 0.2) is 6.04 Å². The summed E-state index contributed by atoms with van der Waals surface area (Å²) in [5, 5.41) is 17.4. The maximum absolute atomic E-state index is 11.6. The van der Waals surface area contributed by atoms with Crippen LogP contribution >= 0.6 is 27.5 Å². The molecule has 0 aliphatic carbocycles. The smallest absolute Gasteiger partial charge is 0.330 e. The molecule has 0 spiro atoms. The Morgan fingerprint density at radius 1 is 1.48 bits per heavy atom. The van der Waals surface area contributed by atoms with Crippen molar-refractivity contribution < 1.29 is 9.90 Å². The molecule has 1 atom stereocenters. The average molecular weight is 373 g/mol. The van der Waals surface area contributed by atoms with Crippen molar-refractivity contribution in [2.24, 2.45) is 7.05 Å². The molecule has 1 heterocycles. The molecular formula is C14H15BrClN3O2. The van der Waals surface area contributed by atoms with E-state index in [9.17, 15) is 9.90 Å². The number of aliphatic carboxylic acids is 1. The number of halogens is 2. The minimum absolute atomic E-state index is 0.571. The van der Waals surface area contributed by atoms with Gasteiger partial charge in [-0.1, -0.05) is 11.6 Å². The molecule has 0 fully saturated rings. The van der Waals surface area contributed by atoms with Crippen molar-refractivity contribution >= 4 is 39.2 Å². The fraction of sp³-hybridized carbons (Fsp3) is 0.286. The van der Waals surface area contributed by atoms with Gasteiger partial charge in [-0.25, -0.2) is 4.79 Å². The van der Waals surface area contributed by atoms with E-state index in [-0.39, 0.29) is 0 Å². The highest BCUT2D eigenvalue weighted by atomic mass is 79.9. The van der Waals surface area contributed by atoms with Crippen LogP contribution in [0.1, 0.15) is 23.0 Å². The number of carbonyl (C=O) groups is 1. The van der Waals surface area contributed by atoms with Gasteiger partial charge in [0, 0.05) is 28.5 Å². The molecule has 5 nitrogen and oxygen atoms in total. The van der Waals surface area contributed by atoms with E-state index >= 15 is 0 Å². The molecule has 0 radical (unpaired) electrons. The molecule has 7 heteroatoms. The Balaban J connectivity index is 2.40. The molecule has 2 rings (SSSR count). The second-order valence-electron chi connectivity index (χ2n) is 4.75. The highest BCUT2D eigenvalue weighted by Gasteiger charge is 2.26. The Kier molecular flexibility index (Phi) is 4.58. The van der Waals surface area contributed by atoms with Gasteiger partial charge in [0.25, 0.3) is 0 Å². The summed E-state index contributed by atoms with van der Waals surface area (Å²) >= 11 is 9.27. The minimum atomic E-state index is -0.958. The first-order valence-electron chi connectivity index (χ1n) is 6.25. The molecule has 112 valence electrons. The Morgan fingerprint density at radius 3 is 2.62 bits per heavy atom. The van der Waals surface area contributed by atoms with Crippen LogP contribution in [0, 0.1) is 13.8 Å². The van der Waals surface area contributed by atoms with Crippen molar-refractivity contribution in [2.45, 2.75) is 19.9 Å². The largest absolute Gasteiger partial charge is 0.479 e. The summed E-state index contributed by atoms with van der Waals surface area (Å²) < 4.78 is 2.39. The predicted octanol–water partition coefficient (Wildman–Crippen LogP) is 3.69. The summed E-state index contributed by atoms with van der Waals surface area (Å²) in [6.45, 7) is 3.66. The fourth-order valence-corrected chi connectivity index (χ4v) is 2.71. The standard InChI is InChI=1S/C14H15BrClN3O2/c1-7-12(8(2)19(3)18-7)13(14(20)21)17-9-4-5-11(16)10(15)6-9/h4-6,13,17H,1-3H3,(H,20,21).